The Labute approximate surface area is 89.5 Å². The molecule has 1 heterocycles. The van der Waals surface area contributed by atoms with E-state index in [0.29, 0.717) is 5.92 Å². The van der Waals surface area contributed by atoms with Gasteiger partial charge in [0.2, 0.25) is 0 Å². The Bertz CT molecular complexity index is 403. The van der Waals surface area contributed by atoms with E-state index in [1.165, 1.54) is 0 Å². The molecule has 1 aromatic carbocycles. The SMILES string of the molecule is CCC(CNC)c1nc2ccccc2o1. The summed E-state index contributed by atoms with van der Waals surface area (Å²) in [6.45, 7) is 3.06. The summed E-state index contributed by atoms with van der Waals surface area (Å²) in [5.41, 5.74) is 1.82. The molecule has 1 unspecified atom stereocenters. The van der Waals surface area contributed by atoms with Gasteiger partial charge in [-0.2, -0.15) is 0 Å². The Hall–Kier alpha value is -1.35. The number of benzene rings is 1. The van der Waals surface area contributed by atoms with Crippen molar-refractivity contribution in [2.75, 3.05) is 13.6 Å². The zero-order valence-corrected chi connectivity index (χ0v) is 9.16. The predicted molar refractivity (Wildman–Crippen MR) is 61.0 cm³/mol. The minimum atomic E-state index is 0.363. The quantitative estimate of drug-likeness (QED) is 0.831. The van der Waals surface area contributed by atoms with Gasteiger partial charge >= 0.3 is 0 Å². The van der Waals surface area contributed by atoms with Crippen LogP contribution in [0, 0.1) is 0 Å². The van der Waals surface area contributed by atoms with Crippen molar-refractivity contribution in [3.8, 4) is 0 Å². The molecule has 3 heteroatoms. The number of nitrogens with zero attached hydrogens (tertiary/aromatic N) is 1. The Kier molecular flexibility index (Phi) is 3.02. The summed E-state index contributed by atoms with van der Waals surface area (Å²) in [5, 5.41) is 3.16. The summed E-state index contributed by atoms with van der Waals surface area (Å²) in [4.78, 5) is 4.50. The Balaban J connectivity index is 2.34. The van der Waals surface area contributed by atoms with Gasteiger partial charge in [0, 0.05) is 12.5 Å². The van der Waals surface area contributed by atoms with Crippen molar-refractivity contribution in [2.24, 2.45) is 0 Å². The monoisotopic (exact) mass is 204 g/mol. The molecule has 0 amide bonds. The molecule has 3 nitrogen and oxygen atoms in total. The van der Waals surface area contributed by atoms with E-state index in [9.17, 15) is 0 Å². The predicted octanol–water partition coefficient (Wildman–Crippen LogP) is 2.54. The molecule has 0 aliphatic heterocycles. The Morgan fingerprint density at radius 1 is 1.40 bits per heavy atom. The fraction of sp³-hybridized carbons (Fsp3) is 0.417. The fourth-order valence-corrected chi connectivity index (χ4v) is 1.72. The molecule has 0 saturated heterocycles. The number of para-hydroxylation sites is 2. The third kappa shape index (κ3) is 2.02. The highest BCUT2D eigenvalue weighted by molar-refractivity contribution is 5.72. The van der Waals surface area contributed by atoms with E-state index < -0.39 is 0 Å². The van der Waals surface area contributed by atoms with Gasteiger partial charge in [-0.05, 0) is 25.6 Å². The molecule has 15 heavy (non-hydrogen) atoms. The first-order valence-corrected chi connectivity index (χ1v) is 5.35. The highest BCUT2D eigenvalue weighted by atomic mass is 16.3. The number of rotatable bonds is 4. The van der Waals surface area contributed by atoms with E-state index in [0.717, 1.165) is 30.0 Å². The number of nitrogens with one attached hydrogen (secondary N) is 1. The van der Waals surface area contributed by atoms with Gasteiger partial charge in [-0.25, -0.2) is 4.98 Å². The second-order valence-corrected chi connectivity index (χ2v) is 3.68. The van der Waals surface area contributed by atoms with Gasteiger partial charge < -0.3 is 9.73 Å². The molecule has 80 valence electrons. The van der Waals surface area contributed by atoms with E-state index in [2.05, 4.69) is 17.2 Å². The zero-order valence-electron chi connectivity index (χ0n) is 9.16. The number of likely N-dealkylation sites (N-methyl/N-ethyl adjacent to an activating group) is 1. The van der Waals surface area contributed by atoms with Crippen LogP contribution in [0.4, 0.5) is 0 Å². The maximum absolute atomic E-state index is 5.72. The second-order valence-electron chi connectivity index (χ2n) is 3.68. The van der Waals surface area contributed by atoms with Crippen molar-refractivity contribution in [3.63, 3.8) is 0 Å². The largest absolute Gasteiger partial charge is 0.440 e. The maximum Gasteiger partial charge on any atom is 0.199 e. The van der Waals surface area contributed by atoms with Gasteiger partial charge in [0.1, 0.15) is 5.52 Å². The first kappa shape index (κ1) is 10.2. The normalized spacial score (nSPS) is 13.2. The highest BCUT2D eigenvalue weighted by Crippen LogP contribution is 2.22. The number of aromatic nitrogens is 1. The van der Waals surface area contributed by atoms with Gasteiger partial charge in [0.25, 0.3) is 0 Å². The average Bonchev–Trinajstić information content (AvgIpc) is 2.69. The third-order valence-electron chi connectivity index (χ3n) is 2.60. The van der Waals surface area contributed by atoms with Crippen LogP contribution in [0.3, 0.4) is 0 Å². The van der Waals surface area contributed by atoms with Crippen LogP contribution in [0.25, 0.3) is 11.1 Å². The summed E-state index contributed by atoms with van der Waals surface area (Å²) in [6, 6.07) is 7.89. The molecule has 0 aliphatic carbocycles. The molecule has 1 N–H and O–H groups in total. The molecule has 2 aromatic rings. The van der Waals surface area contributed by atoms with E-state index in [4.69, 9.17) is 4.42 Å². The second kappa shape index (κ2) is 4.45. The molecule has 0 bridgehead atoms. The van der Waals surface area contributed by atoms with Crippen LogP contribution in [0.5, 0.6) is 0 Å². The third-order valence-corrected chi connectivity index (χ3v) is 2.60. The van der Waals surface area contributed by atoms with Crippen molar-refractivity contribution >= 4 is 11.1 Å². The summed E-state index contributed by atoms with van der Waals surface area (Å²) in [7, 11) is 1.95. The van der Waals surface area contributed by atoms with Crippen LogP contribution in [0.1, 0.15) is 25.2 Å². The Morgan fingerprint density at radius 2 is 2.20 bits per heavy atom. The first-order valence-electron chi connectivity index (χ1n) is 5.35. The summed E-state index contributed by atoms with van der Waals surface area (Å²) in [6.07, 6.45) is 1.04. The van der Waals surface area contributed by atoms with Crippen LogP contribution in [-0.2, 0) is 0 Å². The smallest absolute Gasteiger partial charge is 0.199 e. The molecule has 0 fully saturated rings. The molecule has 1 atom stereocenters. The minimum absolute atomic E-state index is 0.363. The fourth-order valence-electron chi connectivity index (χ4n) is 1.72. The van der Waals surface area contributed by atoms with Gasteiger partial charge in [-0.15, -0.1) is 0 Å². The molecular formula is C12H16N2O. The van der Waals surface area contributed by atoms with Crippen molar-refractivity contribution in [2.45, 2.75) is 19.3 Å². The van der Waals surface area contributed by atoms with E-state index in [1.807, 2.05) is 31.3 Å². The highest BCUT2D eigenvalue weighted by Gasteiger charge is 2.15. The number of hydrogen-bond acceptors (Lipinski definition) is 3. The standard InChI is InChI=1S/C12H16N2O/c1-3-9(8-13-2)12-14-10-6-4-5-7-11(10)15-12/h4-7,9,13H,3,8H2,1-2H3. The molecule has 0 spiro atoms. The molecule has 2 rings (SSSR count). The molecular weight excluding hydrogens is 188 g/mol. The van der Waals surface area contributed by atoms with Crippen molar-refractivity contribution in [3.05, 3.63) is 30.2 Å². The lowest BCUT2D eigenvalue weighted by atomic mass is 10.1. The van der Waals surface area contributed by atoms with E-state index in [-0.39, 0.29) is 0 Å². The van der Waals surface area contributed by atoms with Gasteiger partial charge in [0.15, 0.2) is 11.5 Å². The topological polar surface area (TPSA) is 38.1 Å². The van der Waals surface area contributed by atoms with Crippen LogP contribution >= 0.6 is 0 Å². The van der Waals surface area contributed by atoms with E-state index in [1.54, 1.807) is 0 Å². The van der Waals surface area contributed by atoms with Crippen LogP contribution in [0.15, 0.2) is 28.7 Å². The number of oxazole rings is 1. The minimum Gasteiger partial charge on any atom is -0.440 e. The summed E-state index contributed by atoms with van der Waals surface area (Å²) >= 11 is 0. The molecule has 0 saturated carbocycles. The van der Waals surface area contributed by atoms with Crippen molar-refractivity contribution in [1.82, 2.24) is 10.3 Å². The van der Waals surface area contributed by atoms with Crippen molar-refractivity contribution < 1.29 is 4.42 Å². The number of hydrogen-bond donors (Lipinski definition) is 1. The average molecular weight is 204 g/mol. The maximum atomic E-state index is 5.72. The van der Waals surface area contributed by atoms with Crippen LogP contribution in [-0.4, -0.2) is 18.6 Å². The lowest BCUT2D eigenvalue weighted by molar-refractivity contribution is 0.450. The summed E-state index contributed by atoms with van der Waals surface area (Å²) in [5.74, 6) is 1.20. The number of fused-ring (bicyclic) bond motifs is 1. The lowest BCUT2D eigenvalue weighted by Gasteiger charge is -2.08. The molecule has 1 aromatic heterocycles. The lowest BCUT2D eigenvalue weighted by Crippen LogP contribution is -2.16. The Morgan fingerprint density at radius 3 is 2.87 bits per heavy atom. The first-order chi connectivity index (χ1) is 7.35. The zero-order chi connectivity index (χ0) is 10.7. The van der Waals surface area contributed by atoms with Crippen LogP contribution in [0.2, 0.25) is 0 Å². The van der Waals surface area contributed by atoms with Crippen LogP contribution < -0.4 is 5.32 Å². The van der Waals surface area contributed by atoms with Gasteiger partial charge in [-0.3, -0.25) is 0 Å². The molecule has 0 aliphatic rings. The van der Waals surface area contributed by atoms with Gasteiger partial charge in [-0.1, -0.05) is 19.1 Å². The van der Waals surface area contributed by atoms with E-state index >= 15 is 0 Å². The van der Waals surface area contributed by atoms with Gasteiger partial charge in [0.05, 0.1) is 0 Å². The van der Waals surface area contributed by atoms with Crippen molar-refractivity contribution in [1.29, 1.82) is 0 Å². The molecule has 0 radical (unpaired) electrons. The summed E-state index contributed by atoms with van der Waals surface area (Å²) < 4.78 is 5.72.